The summed E-state index contributed by atoms with van der Waals surface area (Å²) in [6.45, 7) is -1.02. The Bertz CT molecular complexity index is 941. The maximum Gasteiger partial charge on any atom is 0.490 e. The molecule has 6 atom stereocenters. The van der Waals surface area contributed by atoms with Gasteiger partial charge in [-0.05, 0) is 6.07 Å². The molecule has 19 heteroatoms. The van der Waals surface area contributed by atoms with E-state index in [1.165, 1.54) is 0 Å². The van der Waals surface area contributed by atoms with Crippen molar-refractivity contribution in [3.05, 3.63) is 28.7 Å². The van der Waals surface area contributed by atoms with Crippen molar-refractivity contribution >= 4 is 23.5 Å². The second-order valence-corrected chi connectivity index (χ2v) is 9.98. The van der Waals surface area contributed by atoms with Crippen molar-refractivity contribution in [3.8, 4) is 5.75 Å². The fourth-order valence-corrected chi connectivity index (χ4v) is 5.29. The number of phosphoric acid groups is 3. The predicted octanol–water partition coefficient (Wildman–Crippen LogP) is -1.48. The zero-order valence-electron chi connectivity index (χ0n) is 13.9. The first-order valence-electron chi connectivity index (χ1n) is 7.31. The van der Waals surface area contributed by atoms with Crippen molar-refractivity contribution in [1.82, 2.24) is 4.57 Å². The van der Waals surface area contributed by atoms with Crippen molar-refractivity contribution in [3.63, 3.8) is 0 Å². The summed E-state index contributed by atoms with van der Waals surface area (Å²) in [6, 6.07) is 1.88. The van der Waals surface area contributed by atoms with Crippen molar-refractivity contribution in [2.75, 3.05) is 6.61 Å². The Morgan fingerprint density at radius 1 is 1.03 bits per heavy atom. The monoisotopic (exact) mass is 483 g/mol. The summed E-state index contributed by atoms with van der Waals surface area (Å²) in [5.41, 5.74) is -0.810. The van der Waals surface area contributed by atoms with E-state index >= 15 is 0 Å². The molecule has 166 valence electrons. The summed E-state index contributed by atoms with van der Waals surface area (Å²) in [6.07, 6.45) is -5.45. The van der Waals surface area contributed by atoms with Gasteiger partial charge in [0.15, 0.2) is 6.23 Å². The third-order valence-corrected chi connectivity index (χ3v) is 7.16. The van der Waals surface area contributed by atoms with E-state index in [0.717, 1.165) is 22.9 Å². The van der Waals surface area contributed by atoms with Crippen molar-refractivity contribution in [2.45, 2.75) is 24.5 Å². The Kier molecular flexibility index (Phi) is 7.25. The summed E-state index contributed by atoms with van der Waals surface area (Å²) in [7, 11) is -16.7. The molecular formula is C10H16NO15P3. The van der Waals surface area contributed by atoms with Crippen LogP contribution < -0.4 is 5.56 Å². The lowest BCUT2D eigenvalue weighted by atomic mass is 10.1. The summed E-state index contributed by atoms with van der Waals surface area (Å²) < 4.78 is 50.8. The molecule has 2 heterocycles. The van der Waals surface area contributed by atoms with E-state index in [2.05, 4.69) is 13.1 Å². The summed E-state index contributed by atoms with van der Waals surface area (Å²) in [5.74, 6) is -0.372. The quantitative estimate of drug-likeness (QED) is 0.208. The molecule has 0 amide bonds. The Morgan fingerprint density at radius 3 is 2.21 bits per heavy atom. The first kappa shape index (κ1) is 24.3. The number of aliphatic hydroxyl groups excluding tert-OH is 2. The third kappa shape index (κ3) is 6.77. The van der Waals surface area contributed by atoms with E-state index in [4.69, 9.17) is 19.4 Å². The number of hydrogen-bond acceptors (Lipinski definition) is 11. The minimum Gasteiger partial charge on any atom is -0.508 e. The van der Waals surface area contributed by atoms with E-state index in [0.29, 0.717) is 0 Å². The van der Waals surface area contributed by atoms with Gasteiger partial charge in [-0.3, -0.25) is 13.9 Å². The van der Waals surface area contributed by atoms with Crippen LogP contribution in [0, 0.1) is 0 Å². The van der Waals surface area contributed by atoms with Crippen molar-refractivity contribution in [2.24, 2.45) is 0 Å². The van der Waals surface area contributed by atoms with Crippen LogP contribution in [0.4, 0.5) is 0 Å². The van der Waals surface area contributed by atoms with Crippen molar-refractivity contribution < 1.29 is 66.5 Å². The largest absolute Gasteiger partial charge is 0.508 e. The molecule has 16 nitrogen and oxygen atoms in total. The lowest BCUT2D eigenvalue weighted by Crippen LogP contribution is -2.35. The maximum absolute atomic E-state index is 11.8. The van der Waals surface area contributed by atoms with Gasteiger partial charge in [0.1, 0.15) is 24.1 Å². The second kappa shape index (κ2) is 8.65. The van der Waals surface area contributed by atoms with Gasteiger partial charge < -0.3 is 39.6 Å². The second-order valence-electron chi connectivity index (χ2n) is 5.56. The molecule has 0 aliphatic carbocycles. The molecule has 1 aromatic heterocycles. The molecule has 1 fully saturated rings. The third-order valence-electron chi connectivity index (χ3n) is 3.36. The molecule has 0 bridgehead atoms. The van der Waals surface area contributed by atoms with Crippen LogP contribution in [0.25, 0.3) is 0 Å². The van der Waals surface area contributed by atoms with Crippen LogP contribution in [-0.4, -0.2) is 64.4 Å². The van der Waals surface area contributed by atoms with Gasteiger partial charge in [-0.1, -0.05) is 0 Å². The highest BCUT2D eigenvalue weighted by Crippen LogP contribution is 2.66. The fourth-order valence-electron chi connectivity index (χ4n) is 2.26. The van der Waals surface area contributed by atoms with Crippen LogP contribution >= 0.6 is 23.5 Å². The van der Waals surface area contributed by atoms with Crippen molar-refractivity contribution in [1.29, 1.82) is 0 Å². The Labute approximate surface area is 161 Å². The van der Waals surface area contributed by atoms with Gasteiger partial charge in [0.05, 0.1) is 6.61 Å². The highest BCUT2D eigenvalue weighted by molar-refractivity contribution is 7.66. The number of hydrogen-bond donors (Lipinski definition) is 7. The van der Waals surface area contributed by atoms with Gasteiger partial charge in [0, 0.05) is 12.3 Å². The molecule has 0 aromatic carbocycles. The lowest BCUT2D eigenvalue weighted by molar-refractivity contribution is -0.0536. The molecular weight excluding hydrogens is 467 g/mol. The molecule has 1 aliphatic rings. The number of phosphoric ester groups is 1. The predicted molar refractivity (Wildman–Crippen MR) is 88.1 cm³/mol. The van der Waals surface area contributed by atoms with Crippen LogP contribution in [0.5, 0.6) is 5.75 Å². The summed E-state index contributed by atoms with van der Waals surface area (Å²) in [4.78, 5) is 47.1. The molecule has 2 rings (SSSR count). The number of aromatic hydroxyl groups is 1. The average Bonchev–Trinajstić information content (AvgIpc) is 2.78. The van der Waals surface area contributed by atoms with Gasteiger partial charge in [-0.15, -0.1) is 0 Å². The first-order valence-corrected chi connectivity index (χ1v) is 11.8. The van der Waals surface area contributed by atoms with E-state index in [1.54, 1.807) is 0 Å². The van der Waals surface area contributed by atoms with Crippen LogP contribution in [0.3, 0.4) is 0 Å². The fraction of sp³-hybridized carbons (Fsp3) is 0.500. The normalized spacial score (nSPS) is 29.3. The van der Waals surface area contributed by atoms with E-state index < -0.39 is 60.2 Å². The standard InChI is InChI=1S/C10H16NO15P3/c12-5-1-2-11(7(13)3-5)10-9(15)8(14)6(24-10)4-23-28(19,20)26-29(21,22)25-27(16,17)18/h1-3,6,8-10,12,14-15H,4H2,(H,19,20)(H,21,22)(H2,16,17,18)/t6-,8-,9-,10-/m1/s1. The SMILES string of the molecule is O=c1cc(O)ccn1[C@@H]1O[C@H](COP(=O)(O)OP(=O)(O)OP(=O)(O)O)[C@@H](O)[C@H]1O. The van der Waals surface area contributed by atoms with Gasteiger partial charge in [0.2, 0.25) is 0 Å². The molecule has 0 radical (unpaired) electrons. The molecule has 1 aliphatic heterocycles. The smallest absolute Gasteiger partial charge is 0.490 e. The number of aliphatic hydroxyl groups is 2. The van der Waals surface area contributed by atoms with Gasteiger partial charge in [-0.25, -0.2) is 13.7 Å². The number of nitrogens with zero attached hydrogens (tertiary/aromatic N) is 1. The molecule has 1 saturated heterocycles. The van der Waals surface area contributed by atoms with E-state index in [1.807, 2.05) is 0 Å². The summed E-state index contributed by atoms with van der Waals surface area (Å²) >= 11 is 0. The van der Waals surface area contributed by atoms with Crippen LogP contribution in [0.1, 0.15) is 6.23 Å². The van der Waals surface area contributed by atoms with Crippen LogP contribution in [0.15, 0.2) is 23.1 Å². The van der Waals surface area contributed by atoms with E-state index in [-0.39, 0.29) is 5.75 Å². The van der Waals surface area contributed by atoms with Crippen LogP contribution in [-0.2, 0) is 31.6 Å². The highest BCUT2D eigenvalue weighted by atomic mass is 31.3. The lowest BCUT2D eigenvalue weighted by Gasteiger charge is -2.19. The topological polar surface area (TPSA) is 252 Å². The minimum absolute atomic E-state index is 0.372. The highest BCUT2D eigenvalue weighted by Gasteiger charge is 2.46. The number of rotatable bonds is 8. The maximum atomic E-state index is 11.8. The zero-order chi connectivity index (χ0) is 22.2. The minimum atomic E-state index is -5.72. The Morgan fingerprint density at radius 2 is 1.66 bits per heavy atom. The van der Waals surface area contributed by atoms with E-state index in [9.17, 15) is 38.7 Å². The number of aromatic nitrogens is 1. The first-order chi connectivity index (χ1) is 13.1. The van der Waals surface area contributed by atoms with Gasteiger partial charge in [-0.2, -0.15) is 8.62 Å². The zero-order valence-corrected chi connectivity index (χ0v) is 16.6. The van der Waals surface area contributed by atoms with Gasteiger partial charge >= 0.3 is 23.5 Å². The molecule has 0 spiro atoms. The molecule has 1 aromatic rings. The number of ether oxygens (including phenoxy) is 1. The number of pyridine rings is 1. The Balaban J connectivity index is 2.05. The van der Waals surface area contributed by atoms with Gasteiger partial charge in [0.25, 0.3) is 5.56 Å². The molecule has 7 N–H and O–H groups in total. The van der Waals surface area contributed by atoms with Crippen LogP contribution in [0.2, 0.25) is 0 Å². The average molecular weight is 483 g/mol. The molecule has 29 heavy (non-hydrogen) atoms. The summed E-state index contributed by atoms with van der Waals surface area (Å²) in [5, 5.41) is 29.2. The Hall–Kier alpha value is -0.960. The molecule has 0 saturated carbocycles. The molecule has 2 unspecified atom stereocenters.